The van der Waals surface area contributed by atoms with Gasteiger partial charge >= 0.3 is 5.69 Å². The Morgan fingerprint density at radius 1 is 0.957 bits per heavy atom. The molecular formula is C35H42N4O7. The molecule has 0 radical (unpaired) electrons. The Bertz CT molecular complexity index is 1560. The van der Waals surface area contributed by atoms with Crippen LogP contribution in [0.2, 0.25) is 0 Å². The summed E-state index contributed by atoms with van der Waals surface area (Å²) in [6, 6.07) is 26.8. The van der Waals surface area contributed by atoms with Gasteiger partial charge in [0.1, 0.15) is 29.7 Å². The maximum absolute atomic E-state index is 12.8. The Balaban J connectivity index is 1.58. The van der Waals surface area contributed by atoms with Crippen molar-refractivity contribution >= 4 is 5.82 Å². The quantitative estimate of drug-likeness (QED) is 0.0996. The van der Waals surface area contributed by atoms with Gasteiger partial charge in [-0.25, -0.2) is 10.3 Å². The molecule has 1 aromatic heterocycles. The number of hydroxylamine groups is 1. The minimum atomic E-state index is -1.23. The summed E-state index contributed by atoms with van der Waals surface area (Å²) in [5.74, 6) is 1.12. The average molecular weight is 631 g/mol. The fourth-order valence-corrected chi connectivity index (χ4v) is 5.89. The molecule has 0 amide bonds. The van der Waals surface area contributed by atoms with E-state index in [0.717, 1.165) is 30.4 Å². The third-order valence-electron chi connectivity index (χ3n) is 8.14. The van der Waals surface area contributed by atoms with Crippen molar-refractivity contribution in [3.63, 3.8) is 0 Å². The number of nitrogens with zero attached hydrogens (tertiary/aromatic N) is 2. The van der Waals surface area contributed by atoms with Crippen LogP contribution in [-0.4, -0.2) is 60.3 Å². The van der Waals surface area contributed by atoms with Gasteiger partial charge in [-0.05, 0) is 29.7 Å². The predicted octanol–water partition coefficient (Wildman–Crippen LogP) is 4.19. The van der Waals surface area contributed by atoms with Gasteiger partial charge in [0, 0.05) is 18.3 Å². The first-order chi connectivity index (χ1) is 22.4. The van der Waals surface area contributed by atoms with E-state index in [1.807, 2.05) is 78.9 Å². The number of hydrogen-bond acceptors (Lipinski definition) is 10. The number of hydrogen-bond donors (Lipinski definition) is 3. The summed E-state index contributed by atoms with van der Waals surface area (Å²) in [6.07, 6.45) is 0.395. The van der Waals surface area contributed by atoms with E-state index < -0.39 is 35.8 Å². The number of aliphatic hydroxyl groups is 1. The van der Waals surface area contributed by atoms with Gasteiger partial charge < -0.3 is 29.8 Å². The molecule has 0 bridgehead atoms. The van der Waals surface area contributed by atoms with E-state index in [9.17, 15) is 9.90 Å². The molecule has 2 heterocycles. The number of unbranched alkanes of at least 4 members (excludes halogenated alkanes) is 2. The smallest absolute Gasteiger partial charge is 0.351 e. The molecule has 11 heteroatoms. The van der Waals surface area contributed by atoms with Crippen LogP contribution in [0.3, 0.4) is 0 Å². The fourth-order valence-electron chi connectivity index (χ4n) is 5.89. The lowest BCUT2D eigenvalue weighted by Crippen LogP contribution is -2.43. The highest BCUT2D eigenvalue weighted by Gasteiger charge is 2.49. The first kappa shape index (κ1) is 33.1. The largest absolute Gasteiger partial charge is 0.493 e. The minimum Gasteiger partial charge on any atom is -0.493 e. The Morgan fingerprint density at radius 2 is 1.65 bits per heavy atom. The molecule has 46 heavy (non-hydrogen) atoms. The Morgan fingerprint density at radius 3 is 2.26 bits per heavy atom. The maximum atomic E-state index is 12.8. The van der Waals surface area contributed by atoms with E-state index in [0.29, 0.717) is 23.6 Å². The molecule has 0 spiro atoms. The van der Waals surface area contributed by atoms with Gasteiger partial charge in [-0.1, -0.05) is 92.6 Å². The van der Waals surface area contributed by atoms with Crippen LogP contribution in [-0.2, 0) is 19.9 Å². The molecule has 5 rings (SSSR count). The van der Waals surface area contributed by atoms with Crippen molar-refractivity contribution in [1.82, 2.24) is 15.0 Å². The van der Waals surface area contributed by atoms with Gasteiger partial charge in [0.2, 0.25) is 0 Å². The van der Waals surface area contributed by atoms with Crippen LogP contribution in [0.25, 0.3) is 0 Å². The molecule has 1 aliphatic rings. The van der Waals surface area contributed by atoms with Gasteiger partial charge in [0.25, 0.3) is 0 Å². The van der Waals surface area contributed by atoms with Crippen LogP contribution >= 0.6 is 0 Å². The highest BCUT2D eigenvalue weighted by atomic mass is 16.7. The number of benzene rings is 3. The first-order valence-electron chi connectivity index (χ1n) is 15.5. The van der Waals surface area contributed by atoms with Gasteiger partial charge in [0.15, 0.2) is 17.7 Å². The normalized spacial score (nSPS) is 19.7. The monoisotopic (exact) mass is 630 g/mol. The second-order valence-corrected chi connectivity index (χ2v) is 11.0. The van der Waals surface area contributed by atoms with Gasteiger partial charge in [-0.3, -0.25) is 9.40 Å². The molecule has 0 unspecified atom stereocenters. The van der Waals surface area contributed by atoms with Crippen molar-refractivity contribution < 1.29 is 28.9 Å². The van der Waals surface area contributed by atoms with E-state index in [-0.39, 0.29) is 12.4 Å². The molecule has 0 aliphatic carbocycles. The number of rotatable bonds is 15. The molecule has 4 aromatic rings. The molecule has 0 saturated carbocycles. The Kier molecular flexibility index (Phi) is 11.1. The van der Waals surface area contributed by atoms with Crippen molar-refractivity contribution in [2.24, 2.45) is 0 Å². The molecule has 4 atom stereocenters. The number of nitrogen functional groups attached to an aromatic ring is 1. The number of nitrogens with one attached hydrogen (secondary N) is 1. The third-order valence-corrected chi connectivity index (χ3v) is 8.14. The molecule has 1 saturated heterocycles. The standard InChI is InChI=1S/C35H42N4O7/c1-4-5-12-21-37-46-32-28(45-33(30(32)40)39-22-20-29(36)38-34(39)41)23-44-35(24-14-8-6-9-15-24,25-16-10-7-11-17-25)26-18-13-19-27(42-2)31(26)43-3/h6-11,13-20,22,28,30,32-33,37,40H,4-5,12,21,23H2,1-3H3,(H2,36,38,41)/t28-,30-,32-,33-/m1/s1. The fraction of sp³-hybridized carbons (Fsp3) is 0.371. The summed E-state index contributed by atoms with van der Waals surface area (Å²) < 4.78 is 26.3. The summed E-state index contributed by atoms with van der Waals surface area (Å²) in [4.78, 5) is 22.7. The Hall–Kier alpha value is -4.26. The SMILES string of the molecule is CCCCCNO[C@H]1[C@@H](O)[C@H](n2ccc(N)nc2=O)O[C@@H]1COC(c1ccccc1)(c1ccccc1)c1cccc(OC)c1OC. The van der Waals surface area contributed by atoms with Crippen LogP contribution in [0, 0.1) is 0 Å². The summed E-state index contributed by atoms with van der Waals surface area (Å²) >= 11 is 0. The van der Waals surface area contributed by atoms with Crippen molar-refractivity contribution in [3.8, 4) is 11.5 Å². The molecule has 11 nitrogen and oxygen atoms in total. The zero-order chi connectivity index (χ0) is 32.5. The number of anilines is 1. The van der Waals surface area contributed by atoms with E-state index in [1.54, 1.807) is 14.2 Å². The van der Waals surface area contributed by atoms with Crippen LogP contribution in [0.5, 0.6) is 11.5 Å². The maximum Gasteiger partial charge on any atom is 0.351 e. The number of ether oxygens (including phenoxy) is 4. The average Bonchev–Trinajstić information content (AvgIpc) is 3.39. The number of aromatic nitrogens is 2. The van der Waals surface area contributed by atoms with Crippen molar-refractivity contribution in [3.05, 3.63) is 118 Å². The lowest BCUT2D eigenvalue weighted by Gasteiger charge is -2.38. The molecule has 1 aliphatic heterocycles. The summed E-state index contributed by atoms with van der Waals surface area (Å²) in [6.45, 7) is 2.66. The highest BCUT2D eigenvalue weighted by molar-refractivity contribution is 5.57. The number of aliphatic hydroxyl groups excluding tert-OH is 1. The lowest BCUT2D eigenvalue weighted by molar-refractivity contribution is -0.123. The van der Waals surface area contributed by atoms with E-state index >= 15 is 0 Å². The minimum absolute atomic E-state index is 0.0455. The van der Waals surface area contributed by atoms with Gasteiger partial charge in [-0.15, -0.1) is 0 Å². The van der Waals surface area contributed by atoms with E-state index in [4.69, 9.17) is 29.5 Å². The number of para-hydroxylation sites is 1. The van der Waals surface area contributed by atoms with Crippen LogP contribution in [0.4, 0.5) is 5.82 Å². The number of nitrogens with two attached hydrogens (primary N) is 1. The van der Waals surface area contributed by atoms with Gasteiger partial charge in [0.05, 0.1) is 20.8 Å². The topological polar surface area (TPSA) is 139 Å². The van der Waals surface area contributed by atoms with Crippen molar-refractivity contribution in [1.29, 1.82) is 0 Å². The predicted molar refractivity (Wildman–Crippen MR) is 173 cm³/mol. The van der Waals surface area contributed by atoms with Crippen molar-refractivity contribution in [2.45, 2.75) is 56.3 Å². The number of methoxy groups -OCH3 is 2. The molecule has 4 N–H and O–H groups in total. The summed E-state index contributed by atoms with van der Waals surface area (Å²) in [5.41, 5.74) is 9.22. The van der Waals surface area contributed by atoms with Crippen LogP contribution < -0.4 is 26.4 Å². The van der Waals surface area contributed by atoms with Crippen LogP contribution in [0.15, 0.2) is 95.9 Å². The second-order valence-electron chi connectivity index (χ2n) is 11.0. The molecule has 1 fully saturated rings. The van der Waals surface area contributed by atoms with E-state index in [1.165, 1.54) is 16.8 Å². The molecular weight excluding hydrogens is 588 g/mol. The Labute approximate surface area is 268 Å². The van der Waals surface area contributed by atoms with Crippen LogP contribution in [0.1, 0.15) is 49.1 Å². The summed E-state index contributed by atoms with van der Waals surface area (Å²) in [7, 11) is 3.18. The first-order valence-corrected chi connectivity index (χ1v) is 15.5. The zero-order valence-corrected chi connectivity index (χ0v) is 26.4. The summed E-state index contributed by atoms with van der Waals surface area (Å²) in [5, 5.41) is 11.5. The second kappa shape index (κ2) is 15.4. The van der Waals surface area contributed by atoms with E-state index in [2.05, 4.69) is 17.4 Å². The molecule has 244 valence electrons. The van der Waals surface area contributed by atoms with Gasteiger partial charge in [-0.2, -0.15) is 4.98 Å². The van der Waals surface area contributed by atoms with Crippen molar-refractivity contribution in [2.75, 3.05) is 33.1 Å². The zero-order valence-electron chi connectivity index (χ0n) is 26.4. The lowest BCUT2D eigenvalue weighted by atomic mass is 9.79. The molecule has 3 aromatic carbocycles. The highest BCUT2D eigenvalue weighted by Crippen LogP contribution is 2.48. The third kappa shape index (κ3) is 6.79.